The number of carbonyl (C=O) groups is 2. The standard InChI is InChI=1S/C17H21F2N3O2/c18-17(19,12-6-2-1-3-7-12)11-20-16(24)22-10-15(23)21-13-8-4-5-9-14(13)22/h1-3,6-7,13-14H,4-5,8-11H2,(H,20,24)(H,21,23). The van der Waals surface area contributed by atoms with Gasteiger partial charge in [0.1, 0.15) is 6.54 Å². The monoisotopic (exact) mass is 337 g/mol. The smallest absolute Gasteiger partial charge is 0.318 e. The summed E-state index contributed by atoms with van der Waals surface area (Å²) in [5.41, 5.74) is -0.141. The maximum atomic E-state index is 14.2. The molecule has 1 heterocycles. The van der Waals surface area contributed by atoms with Crippen molar-refractivity contribution in [3.63, 3.8) is 0 Å². The number of piperazine rings is 1. The van der Waals surface area contributed by atoms with Gasteiger partial charge in [0.05, 0.1) is 12.6 Å². The van der Waals surface area contributed by atoms with Crippen LogP contribution in [-0.4, -0.2) is 42.0 Å². The largest absolute Gasteiger partial charge is 0.350 e. The molecule has 2 atom stereocenters. The van der Waals surface area contributed by atoms with E-state index in [-0.39, 0.29) is 30.1 Å². The molecule has 3 rings (SSSR count). The summed E-state index contributed by atoms with van der Waals surface area (Å²) < 4.78 is 28.4. The van der Waals surface area contributed by atoms with Crippen LogP contribution in [0.1, 0.15) is 31.2 Å². The minimum atomic E-state index is -3.15. The zero-order chi connectivity index (χ0) is 17.2. The summed E-state index contributed by atoms with van der Waals surface area (Å²) in [6.07, 6.45) is 3.58. The molecule has 24 heavy (non-hydrogen) atoms. The summed E-state index contributed by atoms with van der Waals surface area (Å²) in [6, 6.07) is 6.61. The van der Waals surface area contributed by atoms with Crippen molar-refractivity contribution >= 4 is 11.9 Å². The van der Waals surface area contributed by atoms with Gasteiger partial charge in [0, 0.05) is 11.6 Å². The molecule has 130 valence electrons. The van der Waals surface area contributed by atoms with Crippen LogP contribution in [0.3, 0.4) is 0 Å². The van der Waals surface area contributed by atoms with Gasteiger partial charge in [0.25, 0.3) is 5.92 Å². The van der Waals surface area contributed by atoms with Gasteiger partial charge in [-0.15, -0.1) is 0 Å². The summed E-state index contributed by atoms with van der Waals surface area (Å²) in [4.78, 5) is 25.6. The van der Waals surface area contributed by atoms with Crippen molar-refractivity contribution in [2.45, 2.75) is 43.7 Å². The predicted molar refractivity (Wildman–Crippen MR) is 84.6 cm³/mol. The highest BCUT2D eigenvalue weighted by Gasteiger charge is 2.40. The van der Waals surface area contributed by atoms with E-state index in [1.165, 1.54) is 29.2 Å². The molecule has 7 heteroatoms. The molecule has 1 saturated carbocycles. The number of halogens is 2. The second-order valence-corrected chi connectivity index (χ2v) is 6.38. The number of hydrogen-bond acceptors (Lipinski definition) is 2. The van der Waals surface area contributed by atoms with E-state index in [0.717, 1.165) is 25.7 Å². The lowest BCUT2D eigenvalue weighted by atomic mass is 9.87. The summed E-state index contributed by atoms with van der Waals surface area (Å²) in [6.45, 7) is -0.866. The fraction of sp³-hybridized carbons (Fsp3) is 0.529. The van der Waals surface area contributed by atoms with Gasteiger partial charge in [-0.3, -0.25) is 4.79 Å². The van der Waals surface area contributed by atoms with Crippen LogP contribution < -0.4 is 10.6 Å². The first-order chi connectivity index (χ1) is 11.5. The SMILES string of the molecule is O=C1CN(C(=O)NCC(F)(F)c2ccccc2)C2CCCCC2N1. The lowest BCUT2D eigenvalue weighted by Gasteiger charge is -2.43. The Kier molecular flexibility index (Phi) is 4.69. The normalized spacial score (nSPS) is 24.1. The molecule has 0 radical (unpaired) electrons. The van der Waals surface area contributed by atoms with E-state index in [9.17, 15) is 18.4 Å². The Labute approximate surface area is 139 Å². The van der Waals surface area contributed by atoms with Crippen molar-refractivity contribution in [2.75, 3.05) is 13.1 Å². The number of amides is 3. The van der Waals surface area contributed by atoms with Crippen molar-refractivity contribution in [2.24, 2.45) is 0 Å². The zero-order valence-electron chi connectivity index (χ0n) is 13.3. The fourth-order valence-corrected chi connectivity index (χ4v) is 3.47. The molecule has 1 aliphatic heterocycles. The highest BCUT2D eigenvalue weighted by Crippen LogP contribution is 2.28. The van der Waals surface area contributed by atoms with Crippen molar-refractivity contribution in [1.82, 2.24) is 15.5 Å². The Balaban J connectivity index is 1.64. The summed E-state index contributed by atoms with van der Waals surface area (Å²) in [5, 5.41) is 5.19. The van der Waals surface area contributed by atoms with Crippen LogP contribution in [0.4, 0.5) is 13.6 Å². The van der Waals surface area contributed by atoms with E-state index < -0.39 is 18.5 Å². The number of carbonyl (C=O) groups excluding carboxylic acids is 2. The lowest BCUT2D eigenvalue weighted by molar-refractivity contribution is -0.126. The van der Waals surface area contributed by atoms with Gasteiger partial charge in [-0.2, -0.15) is 8.78 Å². The Morgan fingerprint density at radius 1 is 1.25 bits per heavy atom. The maximum Gasteiger partial charge on any atom is 0.318 e. The second-order valence-electron chi connectivity index (χ2n) is 6.38. The summed E-state index contributed by atoms with van der Waals surface area (Å²) in [7, 11) is 0. The first-order valence-corrected chi connectivity index (χ1v) is 8.24. The van der Waals surface area contributed by atoms with Crippen LogP contribution in [0.2, 0.25) is 0 Å². The molecule has 3 amide bonds. The van der Waals surface area contributed by atoms with Gasteiger partial charge in [0.15, 0.2) is 0 Å². The first kappa shape index (κ1) is 16.7. The minimum absolute atomic E-state index is 0.0691. The Hall–Kier alpha value is -2.18. The Bertz CT molecular complexity index is 609. The van der Waals surface area contributed by atoms with E-state index in [2.05, 4.69) is 10.6 Å². The molecule has 2 N–H and O–H groups in total. The Morgan fingerprint density at radius 2 is 1.96 bits per heavy atom. The van der Waals surface area contributed by atoms with Crippen LogP contribution in [-0.2, 0) is 10.7 Å². The molecule has 2 fully saturated rings. The van der Waals surface area contributed by atoms with Crippen molar-refractivity contribution in [3.8, 4) is 0 Å². The van der Waals surface area contributed by atoms with Gasteiger partial charge in [-0.25, -0.2) is 4.79 Å². The number of hydrogen-bond donors (Lipinski definition) is 2. The quantitative estimate of drug-likeness (QED) is 0.888. The average molecular weight is 337 g/mol. The second kappa shape index (κ2) is 6.75. The summed E-state index contributed by atoms with van der Waals surface area (Å²) in [5.74, 6) is -3.39. The molecule has 1 saturated heterocycles. The molecule has 1 aromatic rings. The van der Waals surface area contributed by atoms with E-state index in [1.54, 1.807) is 6.07 Å². The number of alkyl halides is 2. The molecule has 2 unspecified atom stereocenters. The number of benzene rings is 1. The number of nitrogens with one attached hydrogen (secondary N) is 2. The number of rotatable bonds is 3. The van der Waals surface area contributed by atoms with Gasteiger partial charge in [0.2, 0.25) is 5.91 Å². The van der Waals surface area contributed by atoms with Gasteiger partial charge < -0.3 is 15.5 Å². The third-order valence-electron chi connectivity index (χ3n) is 4.71. The highest BCUT2D eigenvalue weighted by atomic mass is 19.3. The van der Waals surface area contributed by atoms with Crippen LogP contribution in [0.5, 0.6) is 0 Å². The molecule has 1 aliphatic carbocycles. The van der Waals surface area contributed by atoms with Crippen molar-refractivity contribution in [1.29, 1.82) is 0 Å². The Morgan fingerprint density at radius 3 is 2.71 bits per heavy atom. The van der Waals surface area contributed by atoms with Gasteiger partial charge >= 0.3 is 6.03 Å². The van der Waals surface area contributed by atoms with E-state index in [1.807, 2.05) is 0 Å². The minimum Gasteiger partial charge on any atom is -0.350 e. The molecule has 1 aromatic carbocycles. The predicted octanol–water partition coefficient (Wildman–Crippen LogP) is 2.23. The molecule has 2 aliphatic rings. The first-order valence-electron chi connectivity index (χ1n) is 8.24. The van der Waals surface area contributed by atoms with Crippen LogP contribution in [0.15, 0.2) is 30.3 Å². The van der Waals surface area contributed by atoms with E-state index in [4.69, 9.17) is 0 Å². The van der Waals surface area contributed by atoms with Crippen LogP contribution in [0.25, 0.3) is 0 Å². The topological polar surface area (TPSA) is 61.4 Å². The van der Waals surface area contributed by atoms with Crippen LogP contribution in [0, 0.1) is 0 Å². The van der Waals surface area contributed by atoms with Gasteiger partial charge in [-0.05, 0) is 12.8 Å². The third-order valence-corrected chi connectivity index (χ3v) is 4.71. The maximum absolute atomic E-state index is 14.2. The average Bonchev–Trinajstić information content (AvgIpc) is 2.59. The van der Waals surface area contributed by atoms with Crippen LogP contribution >= 0.6 is 0 Å². The summed E-state index contributed by atoms with van der Waals surface area (Å²) >= 11 is 0. The van der Waals surface area contributed by atoms with Gasteiger partial charge in [-0.1, -0.05) is 43.2 Å². The fourth-order valence-electron chi connectivity index (χ4n) is 3.47. The number of fused-ring (bicyclic) bond motifs is 1. The molecule has 5 nitrogen and oxygen atoms in total. The number of urea groups is 1. The third kappa shape index (κ3) is 3.49. The van der Waals surface area contributed by atoms with E-state index in [0.29, 0.717) is 0 Å². The van der Waals surface area contributed by atoms with Crippen molar-refractivity contribution in [3.05, 3.63) is 35.9 Å². The van der Waals surface area contributed by atoms with Crippen molar-refractivity contribution < 1.29 is 18.4 Å². The molecule has 0 aromatic heterocycles. The molecular weight excluding hydrogens is 316 g/mol. The number of nitrogens with zero attached hydrogens (tertiary/aromatic N) is 1. The lowest BCUT2D eigenvalue weighted by Crippen LogP contribution is -2.64. The molecule has 0 spiro atoms. The molecule has 0 bridgehead atoms. The molecular formula is C17H21F2N3O2. The highest BCUT2D eigenvalue weighted by molar-refractivity contribution is 5.86. The zero-order valence-corrected chi connectivity index (χ0v) is 13.3. The van der Waals surface area contributed by atoms with E-state index >= 15 is 0 Å².